The third kappa shape index (κ3) is 2.51. The SMILES string of the molecule is CCc1cc2c(=O)c(-c3nc4ccccc4s3)c(C)oc2cc1OC. The van der Waals surface area contributed by atoms with Gasteiger partial charge < -0.3 is 9.15 Å². The fraction of sp³-hybridized carbons (Fsp3) is 0.200. The summed E-state index contributed by atoms with van der Waals surface area (Å²) < 4.78 is 12.4. The average molecular weight is 351 g/mol. The van der Waals surface area contributed by atoms with Crippen molar-refractivity contribution in [1.82, 2.24) is 4.98 Å². The van der Waals surface area contributed by atoms with Gasteiger partial charge in [0.05, 0.1) is 28.3 Å². The zero-order valence-corrected chi connectivity index (χ0v) is 15.1. The maximum Gasteiger partial charge on any atom is 0.203 e. The molecule has 0 saturated heterocycles. The van der Waals surface area contributed by atoms with E-state index in [-0.39, 0.29) is 5.43 Å². The number of para-hydroxylation sites is 1. The van der Waals surface area contributed by atoms with Crippen molar-refractivity contribution < 1.29 is 9.15 Å². The highest BCUT2D eigenvalue weighted by atomic mass is 32.1. The fourth-order valence-corrected chi connectivity index (χ4v) is 4.13. The molecule has 5 heteroatoms. The zero-order chi connectivity index (χ0) is 17.6. The molecule has 126 valence electrons. The Morgan fingerprint density at radius 2 is 2.04 bits per heavy atom. The molecule has 0 aliphatic rings. The summed E-state index contributed by atoms with van der Waals surface area (Å²) in [7, 11) is 1.63. The van der Waals surface area contributed by atoms with E-state index in [0.29, 0.717) is 27.3 Å². The van der Waals surface area contributed by atoms with Crippen LogP contribution in [0.5, 0.6) is 5.75 Å². The third-order valence-corrected chi connectivity index (χ3v) is 5.41. The quantitative estimate of drug-likeness (QED) is 0.524. The van der Waals surface area contributed by atoms with E-state index < -0.39 is 0 Å². The minimum Gasteiger partial charge on any atom is -0.496 e. The molecule has 0 spiro atoms. The number of aryl methyl sites for hydroxylation is 2. The number of aromatic nitrogens is 1. The summed E-state index contributed by atoms with van der Waals surface area (Å²) >= 11 is 1.51. The minimum atomic E-state index is -0.0461. The fourth-order valence-electron chi connectivity index (χ4n) is 3.07. The maximum atomic E-state index is 13.2. The van der Waals surface area contributed by atoms with Gasteiger partial charge in [-0.05, 0) is 37.1 Å². The lowest BCUT2D eigenvalue weighted by Crippen LogP contribution is -2.08. The molecular formula is C20H17NO3S. The van der Waals surface area contributed by atoms with Gasteiger partial charge in [-0.25, -0.2) is 4.98 Å². The molecule has 0 aliphatic heterocycles. The van der Waals surface area contributed by atoms with Gasteiger partial charge in [-0.2, -0.15) is 0 Å². The highest BCUT2D eigenvalue weighted by Crippen LogP contribution is 2.33. The number of nitrogens with zero attached hydrogens (tertiary/aromatic N) is 1. The van der Waals surface area contributed by atoms with Crippen LogP contribution in [0.25, 0.3) is 31.8 Å². The number of hydrogen-bond acceptors (Lipinski definition) is 5. The molecule has 0 bridgehead atoms. The Bertz CT molecular complexity index is 1120. The second kappa shape index (κ2) is 6.01. The van der Waals surface area contributed by atoms with Gasteiger partial charge in [0, 0.05) is 6.07 Å². The lowest BCUT2D eigenvalue weighted by molar-refractivity contribution is 0.409. The molecular weight excluding hydrogens is 334 g/mol. The maximum absolute atomic E-state index is 13.2. The van der Waals surface area contributed by atoms with Crippen molar-refractivity contribution in [3.63, 3.8) is 0 Å². The largest absolute Gasteiger partial charge is 0.496 e. The van der Waals surface area contributed by atoms with Crippen molar-refractivity contribution in [2.75, 3.05) is 7.11 Å². The van der Waals surface area contributed by atoms with Crippen LogP contribution < -0.4 is 10.2 Å². The first-order valence-corrected chi connectivity index (χ1v) is 8.94. The number of ether oxygens (including phenoxy) is 1. The smallest absolute Gasteiger partial charge is 0.203 e. The average Bonchev–Trinajstić information content (AvgIpc) is 3.04. The number of fused-ring (bicyclic) bond motifs is 2. The topological polar surface area (TPSA) is 52.3 Å². The Hall–Kier alpha value is -2.66. The van der Waals surface area contributed by atoms with Crippen molar-refractivity contribution in [1.29, 1.82) is 0 Å². The zero-order valence-electron chi connectivity index (χ0n) is 14.3. The molecule has 4 rings (SSSR count). The third-order valence-electron chi connectivity index (χ3n) is 4.36. The van der Waals surface area contributed by atoms with Crippen LogP contribution in [0.4, 0.5) is 0 Å². The van der Waals surface area contributed by atoms with Gasteiger partial charge in [0.1, 0.15) is 22.1 Å². The van der Waals surface area contributed by atoms with Crippen LogP contribution >= 0.6 is 11.3 Å². The van der Waals surface area contributed by atoms with Crippen molar-refractivity contribution >= 4 is 32.5 Å². The molecule has 0 fully saturated rings. The van der Waals surface area contributed by atoms with Crippen molar-refractivity contribution in [3.8, 4) is 16.3 Å². The molecule has 0 unspecified atom stereocenters. The molecule has 0 saturated carbocycles. The minimum absolute atomic E-state index is 0.0461. The normalized spacial score (nSPS) is 11.3. The monoisotopic (exact) mass is 351 g/mol. The predicted octanol–water partition coefficient (Wildman–Crippen LogP) is 4.95. The lowest BCUT2D eigenvalue weighted by atomic mass is 10.1. The van der Waals surface area contributed by atoms with Gasteiger partial charge >= 0.3 is 0 Å². The number of methoxy groups -OCH3 is 1. The Balaban J connectivity index is 2.02. The summed E-state index contributed by atoms with van der Waals surface area (Å²) in [4.78, 5) is 17.8. The van der Waals surface area contributed by atoms with E-state index in [1.807, 2.05) is 44.2 Å². The Labute approximate surface area is 148 Å². The molecule has 2 heterocycles. The molecule has 4 aromatic rings. The molecule has 2 aromatic carbocycles. The van der Waals surface area contributed by atoms with Gasteiger partial charge in [-0.3, -0.25) is 4.79 Å². The van der Waals surface area contributed by atoms with Crippen molar-refractivity contribution in [3.05, 3.63) is 57.9 Å². The molecule has 0 atom stereocenters. The first kappa shape index (κ1) is 15.8. The highest BCUT2D eigenvalue weighted by molar-refractivity contribution is 7.21. The summed E-state index contributed by atoms with van der Waals surface area (Å²) in [5.41, 5.74) is 2.92. The van der Waals surface area contributed by atoms with E-state index in [0.717, 1.165) is 28.0 Å². The Morgan fingerprint density at radius 3 is 2.76 bits per heavy atom. The van der Waals surface area contributed by atoms with Crippen LogP contribution in [0, 0.1) is 6.92 Å². The highest BCUT2D eigenvalue weighted by Gasteiger charge is 2.18. The van der Waals surface area contributed by atoms with Crippen molar-refractivity contribution in [2.24, 2.45) is 0 Å². The molecule has 4 nitrogen and oxygen atoms in total. The molecule has 2 aromatic heterocycles. The lowest BCUT2D eigenvalue weighted by Gasteiger charge is -2.10. The van der Waals surface area contributed by atoms with E-state index in [4.69, 9.17) is 9.15 Å². The van der Waals surface area contributed by atoms with Gasteiger partial charge in [0.2, 0.25) is 5.43 Å². The van der Waals surface area contributed by atoms with Gasteiger partial charge in [0.25, 0.3) is 0 Å². The summed E-state index contributed by atoms with van der Waals surface area (Å²) in [5, 5.41) is 1.26. The summed E-state index contributed by atoms with van der Waals surface area (Å²) in [5.74, 6) is 1.31. The number of hydrogen-bond donors (Lipinski definition) is 0. The molecule has 0 amide bonds. The van der Waals surface area contributed by atoms with E-state index in [1.165, 1.54) is 11.3 Å². The van der Waals surface area contributed by atoms with E-state index >= 15 is 0 Å². The predicted molar refractivity (Wildman–Crippen MR) is 102 cm³/mol. The number of thiazole rings is 1. The molecule has 25 heavy (non-hydrogen) atoms. The van der Waals surface area contributed by atoms with Crippen molar-refractivity contribution in [2.45, 2.75) is 20.3 Å². The molecule has 0 N–H and O–H groups in total. The van der Waals surface area contributed by atoms with Crippen LogP contribution in [-0.4, -0.2) is 12.1 Å². The first-order valence-electron chi connectivity index (χ1n) is 8.12. The van der Waals surface area contributed by atoms with Crippen LogP contribution in [0.2, 0.25) is 0 Å². The van der Waals surface area contributed by atoms with Crippen LogP contribution in [-0.2, 0) is 6.42 Å². The van der Waals surface area contributed by atoms with E-state index in [2.05, 4.69) is 4.98 Å². The number of benzene rings is 2. The second-order valence-corrected chi connectivity index (χ2v) is 6.89. The second-order valence-electron chi connectivity index (χ2n) is 5.86. The Kier molecular flexibility index (Phi) is 3.81. The van der Waals surface area contributed by atoms with E-state index in [9.17, 15) is 4.79 Å². The van der Waals surface area contributed by atoms with Crippen LogP contribution in [0.3, 0.4) is 0 Å². The van der Waals surface area contributed by atoms with Gasteiger partial charge in [-0.1, -0.05) is 19.1 Å². The Morgan fingerprint density at radius 1 is 1.24 bits per heavy atom. The number of rotatable bonds is 3. The standard InChI is InChI=1S/C20H17NO3S/c1-4-12-9-13-16(10-15(12)23-3)24-11(2)18(19(13)22)20-21-14-7-5-6-8-17(14)25-20/h5-10H,4H2,1-3H3. The summed E-state index contributed by atoms with van der Waals surface area (Å²) in [6.45, 7) is 3.84. The molecule has 0 radical (unpaired) electrons. The first-order chi connectivity index (χ1) is 12.1. The van der Waals surface area contributed by atoms with Crippen LogP contribution in [0.15, 0.2) is 45.6 Å². The summed E-state index contributed by atoms with van der Waals surface area (Å²) in [6.07, 6.45) is 0.781. The van der Waals surface area contributed by atoms with E-state index in [1.54, 1.807) is 13.2 Å². The summed E-state index contributed by atoms with van der Waals surface area (Å²) in [6, 6.07) is 11.5. The van der Waals surface area contributed by atoms with Gasteiger partial charge in [0.15, 0.2) is 0 Å². The van der Waals surface area contributed by atoms with Crippen LogP contribution in [0.1, 0.15) is 18.2 Å². The van der Waals surface area contributed by atoms with Gasteiger partial charge in [-0.15, -0.1) is 11.3 Å². The molecule has 0 aliphatic carbocycles.